The van der Waals surface area contributed by atoms with E-state index < -0.39 is 6.09 Å². The first-order chi connectivity index (χ1) is 5.18. The fourth-order valence-electron chi connectivity index (χ4n) is 0.573. The lowest BCUT2D eigenvalue weighted by atomic mass is 10.4. The number of carboxylic acid groups (broad SMARTS) is 1. The van der Waals surface area contributed by atoms with Crippen molar-refractivity contribution in [2.24, 2.45) is 0 Å². The third kappa shape index (κ3) is 2.71. The van der Waals surface area contributed by atoms with Crippen LogP contribution in [0.15, 0.2) is 18.3 Å². The molecule has 1 aromatic heterocycles. The summed E-state index contributed by atoms with van der Waals surface area (Å²) in [6.45, 7) is 0. The van der Waals surface area contributed by atoms with Crippen molar-refractivity contribution in [3.63, 3.8) is 0 Å². The Bertz CT molecular complexity index is 260. The number of halogens is 1. The van der Waals surface area contributed by atoms with Crippen molar-refractivity contribution in [1.29, 1.82) is 0 Å². The van der Waals surface area contributed by atoms with Crippen molar-refractivity contribution in [3.8, 4) is 0 Å². The molecule has 0 aromatic carbocycles. The van der Waals surface area contributed by atoms with Crippen molar-refractivity contribution in [1.82, 2.24) is 4.98 Å². The smallest absolute Gasteiger partial charge is 0.409 e. The monoisotopic (exact) mass is 264 g/mol. The van der Waals surface area contributed by atoms with E-state index in [4.69, 9.17) is 5.11 Å². The SMILES string of the molecule is O=C(O)Nc1ccc(I)nc1. The molecule has 2 N–H and O–H groups in total. The van der Waals surface area contributed by atoms with Crippen LogP contribution in [0.5, 0.6) is 0 Å². The van der Waals surface area contributed by atoms with E-state index in [-0.39, 0.29) is 0 Å². The zero-order chi connectivity index (χ0) is 8.27. The first kappa shape index (κ1) is 8.25. The van der Waals surface area contributed by atoms with Crippen LogP contribution in [0.4, 0.5) is 10.5 Å². The van der Waals surface area contributed by atoms with Gasteiger partial charge in [0.2, 0.25) is 0 Å². The molecule has 5 heteroatoms. The standard InChI is InChI=1S/C6H5IN2O2/c7-5-2-1-4(3-8-5)9-6(10)11/h1-3,9H,(H,10,11). The molecule has 0 aliphatic carbocycles. The lowest BCUT2D eigenvalue weighted by molar-refractivity contribution is 0.209. The summed E-state index contributed by atoms with van der Waals surface area (Å²) in [6, 6.07) is 3.38. The highest BCUT2D eigenvalue weighted by Crippen LogP contribution is 2.06. The van der Waals surface area contributed by atoms with E-state index in [1.165, 1.54) is 6.20 Å². The zero-order valence-electron chi connectivity index (χ0n) is 5.41. The van der Waals surface area contributed by atoms with Gasteiger partial charge in [-0.25, -0.2) is 9.78 Å². The molecule has 0 saturated carbocycles. The fraction of sp³-hybridized carbons (Fsp3) is 0. The normalized spacial score (nSPS) is 9.18. The molecule has 0 radical (unpaired) electrons. The van der Waals surface area contributed by atoms with Crippen LogP contribution in [0.2, 0.25) is 0 Å². The molecule has 0 bridgehead atoms. The highest BCUT2D eigenvalue weighted by atomic mass is 127. The van der Waals surface area contributed by atoms with Gasteiger partial charge in [-0.3, -0.25) is 5.32 Å². The van der Waals surface area contributed by atoms with Crippen molar-refractivity contribution >= 4 is 34.4 Å². The number of rotatable bonds is 1. The first-order valence-corrected chi connectivity index (χ1v) is 3.88. The van der Waals surface area contributed by atoms with Crippen LogP contribution in [0.25, 0.3) is 0 Å². The van der Waals surface area contributed by atoms with Gasteiger partial charge in [-0.15, -0.1) is 0 Å². The second-order valence-corrected chi connectivity index (χ2v) is 2.90. The Hall–Kier alpha value is -0.850. The maximum Gasteiger partial charge on any atom is 0.409 e. The molecule has 0 fully saturated rings. The highest BCUT2D eigenvalue weighted by molar-refractivity contribution is 14.1. The van der Waals surface area contributed by atoms with Crippen LogP contribution in [0, 0.1) is 3.70 Å². The average molecular weight is 264 g/mol. The van der Waals surface area contributed by atoms with E-state index in [1.807, 2.05) is 22.6 Å². The molecule has 1 aromatic rings. The van der Waals surface area contributed by atoms with Crippen molar-refractivity contribution in [3.05, 3.63) is 22.0 Å². The van der Waals surface area contributed by atoms with Crippen molar-refractivity contribution in [2.75, 3.05) is 5.32 Å². The van der Waals surface area contributed by atoms with Gasteiger partial charge in [0.25, 0.3) is 0 Å². The summed E-state index contributed by atoms with van der Waals surface area (Å²) in [5.74, 6) is 0. The van der Waals surface area contributed by atoms with Crippen LogP contribution in [0.3, 0.4) is 0 Å². The van der Waals surface area contributed by atoms with E-state index in [2.05, 4.69) is 10.3 Å². The molecule has 1 rings (SSSR count). The minimum absolute atomic E-state index is 0.484. The second-order valence-electron chi connectivity index (χ2n) is 1.80. The number of pyridine rings is 1. The van der Waals surface area contributed by atoms with Gasteiger partial charge in [0.15, 0.2) is 0 Å². The summed E-state index contributed by atoms with van der Waals surface area (Å²) in [7, 11) is 0. The van der Waals surface area contributed by atoms with Crippen LogP contribution >= 0.6 is 22.6 Å². The van der Waals surface area contributed by atoms with Gasteiger partial charge in [-0.2, -0.15) is 0 Å². The number of carbonyl (C=O) groups is 1. The molecule has 1 heterocycles. The van der Waals surface area contributed by atoms with Gasteiger partial charge in [-0.05, 0) is 34.7 Å². The summed E-state index contributed by atoms with van der Waals surface area (Å²) < 4.78 is 0.832. The molecule has 0 aliphatic heterocycles. The Labute approximate surface area is 76.8 Å². The number of nitrogens with zero attached hydrogens (tertiary/aromatic N) is 1. The van der Waals surface area contributed by atoms with Gasteiger partial charge in [0.1, 0.15) is 3.70 Å². The number of nitrogens with one attached hydrogen (secondary N) is 1. The minimum atomic E-state index is -1.08. The van der Waals surface area contributed by atoms with Crippen LogP contribution < -0.4 is 5.32 Å². The Morgan fingerprint density at radius 2 is 2.36 bits per heavy atom. The first-order valence-electron chi connectivity index (χ1n) is 2.80. The maximum atomic E-state index is 10.1. The van der Waals surface area contributed by atoms with Gasteiger partial charge in [0, 0.05) is 0 Å². The highest BCUT2D eigenvalue weighted by Gasteiger charge is 1.96. The molecular weight excluding hydrogens is 259 g/mol. The molecule has 11 heavy (non-hydrogen) atoms. The molecule has 0 atom stereocenters. The van der Waals surface area contributed by atoms with Crippen LogP contribution in [-0.4, -0.2) is 16.2 Å². The van der Waals surface area contributed by atoms with Gasteiger partial charge >= 0.3 is 6.09 Å². The molecular formula is C6H5IN2O2. The predicted molar refractivity (Wildman–Crippen MR) is 48.6 cm³/mol. The average Bonchev–Trinajstić information content (AvgIpc) is 1.93. The third-order valence-electron chi connectivity index (χ3n) is 0.979. The summed E-state index contributed by atoms with van der Waals surface area (Å²) in [4.78, 5) is 14.0. The third-order valence-corrected chi connectivity index (χ3v) is 1.62. The Balaban J connectivity index is 2.74. The topological polar surface area (TPSA) is 62.2 Å². The lowest BCUT2D eigenvalue weighted by Crippen LogP contribution is -2.07. The van der Waals surface area contributed by atoms with Crippen molar-refractivity contribution in [2.45, 2.75) is 0 Å². The second kappa shape index (κ2) is 3.51. The quantitative estimate of drug-likeness (QED) is 0.600. The van der Waals surface area contributed by atoms with Gasteiger partial charge in [0.05, 0.1) is 11.9 Å². The van der Waals surface area contributed by atoms with Gasteiger partial charge < -0.3 is 5.11 Å². The van der Waals surface area contributed by atoms with E-state index in [0.717, 1.165) is 3.70 Å². The molecule has 0 saturated heterocycles. The summed E-state index contributed by atoms with van der Waals surface area (Å²) in [5, 5.41) is 10.5. The number of anilines is 1. The van der Waals surface area contributed by atoms with Crippen LogP contribution in [0.1, 0.15) is 0 Å². The number of hydrogen-bond donors (Lipinski definition) is 2. The van der Waals surface area contributed by atoms with E-state index in [0.29, 0.717) is 5.69 Å². The molecule has 58 valence electrons. The van der Waals surface area contributed by atoms with E-state index in [1.54, 1.807) is 12.1 Å². The Kier molecular flexibility index (Phi) is 2.64. The minimum Gasteiger partial charge on any atom is -0.465 e. The molecule has 0 unspecified atom stereocenters. The Morgan fingerprint density at radius 3 is 2.82 bits per heavy atom. The number of aromatic nitrogens is 1. The summed E-state index contributed by atoms with van der Waals surface area (Å²) in [5.41, 5.74) is 0.484. The lowest BCUT2D eigenvalue weighted by Gasteiger charge is -1.97. The van der Waals surface area contributed by atoms with E-state index >= 15 is 0 Å². The maximum absolute atomic E-state index is 10.1. The summed E-state index contributed by atoms with van der Waals surface area (Å²) in [6.07, 6.45) is 0.392. The van der Waals surface area contributed by atoms with E-state index in [9.17, 15) is 4.79 Å². The van der Waals surface area contributed by atoms with Crippen molar-refractivity contribution < 1.29 is 9.90 Å². The Morgan fingerprint density at radius 1 is 1.64 bits per heavy atom. The zero-order valence-corrected chi connectivity index (χ0v) is 7.57. The van der Waals surface area contributed by atoms with Gasteiger partial charge in [-0.1, -0.05) is 0 Å². The predicted octanol–water partition coefficient (Wildman–Crippen LogP) is 1.78. The number of hydrogen-bond acceptors (Lipinski definition) is 2. The molecule has 0 aliphatic rings. The number of amides is 1. The van der Waals surface area contributed by atoms with Crippen LogP contribution in [-0.2, 0) is 0 Å². The molecule has 1 amide bonds. The largest absolute Gasteiger partial charge is 0.465 e. The fourth-order valence-corrected chi connectivity index (χ4v) is 0.892. The molecule has 0 spiro atoms. The molecule has 4 nitrogen and oxygen atoms in total. The summed E-state index contributed by atoms with van der Waals surface area (Å²) >= 11 is 2.04.